The number of piperidine rings is 1. The molecule has 1 aromatic heterocycles. The molecule has 7 atom stereocenters. The van der Waals surface area contributed by atoms with E-state index in [1.165, 1.54) is 0 Å². The molecule has 3 N–H and O–H groups in total. The van der Waals surface area contributed by atoms with E-state index >= 15 is 0 Å². The molecule has 2 amide bonds. The van der Waals surface area contributed by atoms with Gasteiger partial charge in [-0.3, -0.25) is 4.79 Å². The molecule has 3 heterocycles. The Labute approximate surface area is 233 Å². The van der Waals surface area contributed by atoms with Crippen molar-refractivity contribution in [3.63, 3.8) is 0 Å². The lowest BCUT2D eigenvalue weighted by Gasteiger charge is -2.61. The number of rotatable bonds is 6. The zero-order valence-corrected chi connectivity index (χ0v) is 22.7. The molecule has 212 valence electrons. The molecule has 4 aliphatic carbocycles. The van der Waals surface area contributed by atoms with Crippen molar-refractivity contribution in [1.29, 1.82) is 0 Å². The van der Waals surface area contributed by atoms with Crippen molar-refractivity contribution in [2.45, 2.75) is 87.7 Å². The van der Waals surface area contributed by atoms with Crippen molar-refractivity contribution in [1.82, 2.24) is 14.9 Å². The van der Waals surface area contributed by atoms with Crippen molar-refractivity contribution < 1.29 is 28.9 Å². The highest BCUT2D eigenvalue weighted by Crippen LogP contribution is 2.62. The first-order valence-electron chi connectivity index (χ1n) is 14.4. The van der Waals surface area contributed by atoms with Crippen molar-refractivity contribution in [2.24, 2.45) is 23.0 Å². The van der Waals surface area contributed by atoms with Gasteiger partial charge >= 0.3 is 12.1 Å². The van der Waals surface area contributed by atoms with Crippen LogP contribution in [0.15, 0.2) is 36.7 Å². The third-order valence-electron chi connectivity index (χ3n) is 10.2. The first-order chi connectivity index (χ1) is 19.2. The second kappa shape index (κ2) is 9.33. The minimum atomic E-state index is -0.968. The van der Waals surface area contributed by atoms with E-state index in [1.807, 2.05) is 29.2 Å². The number of nitrogens with two attached hydrogens (primary N) is 1. The highest BCUT2D eigenvalue weighted by Gasteiger charge is 2.66. The quantitative estimate of drug-likeness (QED) is 0.560. The summed E-state index contributed by atoms with van der Waals surface area (Å²) in [5.74, 6) is 0.570. The Bertz CT molecular complexity index is 1290. The first kappa shape index (κ1) is 25.6. The number of amides is 2. The minimum Gasteiger partial charge on any atom is -0.497 e. The number of aliphatic hydroxyl groups is 1. The summed E-state index contributed by atoms with van der Waals surface area (Å²) in [4.78, 5) is 37.0. The van der Waals surface area contributed by atoms with E-state index in [1.54, 1.807) is 19.5 Å². The summed E-state index contributed by atoms with van der Waals surface area (Å²) >= 11 is 0. The molecular weight excluding hydrogens is 512 g/mol. The monoisotopic (exact) mass is 548 g/mol. The van der Waals surface area contributed by atoms with Crippen LogP contribution in [0, 0.1) is 17.3 Å². The largest absolute Gasteiger partial charge is 0.497 e. The number of hydrogen-bond donors (Lipinski definition) is 2. The van der Waals surface area contributed by atoms with Crippen LogP contribution in [-0.2, 0) is 9.53 Å². The SMILES string of the molecule is COc1ccc(-c2cnc(OC3CC4CCC(C3)N4C(=O)OC3C4CC5CC(O)(C4)CC3(C(N)=O)C5)nc2)cc1. The summed E-state index contributed by atoms with van der Waals surface area (Å²) in [5, 5.41) is 11.1. The van der Waals surface area contributed by atoms with Crippen LogP contribution < -0.4 is 15.2 Å². The Morgan fingerprint density at radius 2 is 1.70 bits per heavy atom. The lowest BCUT2D eigenvalue weighted by Crippen LogP contribution is -2.68. The molecule has 0 spiro atoms. The molecule has 6 bridgehead atoms. The molecule has 4 saturated carbocycles. The number of benzene rings is 1. The van der Waals surface area contributed by atoms with Crippen molar-refractivity contribution in [2.75, 3.05) is 7.11 Å². The van der Waals surface area contributed by atoms with Crippen LogP contribution in [0.2, 0.25) is 0 Å². The number of hydrogen-bond acceptors (Lipinski definition) is 8. The molecule has 2 aromatic rings. The second-order valence-electron chi connectivity index (χ2n) is 12.7. The molecule has 2 aliphatic heterocycles. The normalized spacial score (nSPS) is 37.3. The minimum absolute atomic E-state index is 0.000341. The van der Waals surface area contributed by atoms with Crippen LogP contribution in [0.1, 0.15) is 57.8 Å². The Balaban J connectivity index is 1.00. The predicted molar refractivity (Wildman–Crippen MR) is 143 cm³/mol. The van der Waals surface area contributed by atoms with E-state index in [9.17, 15) is 14.7 Å². The van der Waals surface area contributed by atoms with Gasteiger partial charge in [-0.05, 0) is 68.6 Å². The standard InChI is InChI=1S/C30H36N4O6/c1-38-23-6-2-18(3-7-23)20-14-32-27(33-15-20)39-24-9-21-4-5-22(10-24)34(21)28(36)40-25-19-8-17-11-29(37,13-19)16-30(25,12-17)26(31)35/h2-3,6-7,14-15,17,19,21-22,24-25,37H,4-5,8-13,16H2,1H3,(H2,31,35). The van der Waals surface area contributed by atoms with E-state index in [0.29, 0.717) is 44.5 Å². The van der Waals surface area contributed by atoms with E-state index in [-0.39, 0.29) is 36.1 Å². The van der Waals surface area contributed by atoms with Gasteiger partial charge in [0.15, 0.2) is 0 Å². The van der Waals surface area contributed by atoms with Gasteiger partial charge in [-0.25, -0.2) is 14.8 Å². The van der Waals surface area contributed by atoms with Crippen LogP contribution >= 0.6 is 0 Å². The van der Waals surface area contributed by atoms with E-state index in [2.05, 4.69) is 9.97 Å². The van der Waals surface area contributed by atoms with Gasteiger partial charge in [0.05, 0.1) is 18.1 Å². The van der Waals surface area contributed by atoms with Crippen molar-refractivity contribution in [3.05, 3.63) is 36.7 Å². The third-order valence-corrected chi connectivity index (χ3v) is 10.2. The van der Waals surface area contributed by atoms with Gasteiger partial charge in [-0.15, -0.1) is 0 Å². The van der Waals surface area contributed by atoms with Crippen LogP contribution in [0.3, 0.4) is 0 Å². The van der Waals surface area contributed by atoms with Crippen molar-refractivity contribution in [3.8, 4) is 22.9 Å². The van der Waals surface area contributed by atoms with Gasteiger partial charge in [-0.2, -0.15) is 0 Å². The molecule has 10 heteroatoms. The van der Waals surface area contributed by atoms with Gasteiger partial charge in [0, 0.05) is 48.8 Å². The number of fused-ring (bicyclic) bond motifs is 2. The fraction of sp³-hybridized carbons (Fsp3) is 0.600. The molecule has 40 heavy (non-hydrogen) atoms. The summed E-state index contributed by atoms with van der Waals surface area (Å²) in [6.07, 6.45) is 8.62. The number of ether oxygens (including phenoxy) is 3. The molecular formula is C30H36N4O6. The Morgan fingerprint density at radius 3 is 2.33 bits per heavy atom. The third kappa shape index (κ3) is 4.19. The summed E-state index contributed by atoms with van der Waals surface area (Å²) < 4.78 is 17.6. The second-order valence-corrected chi connectivity index (χ2v) is 12.7. The van der Waals surface area contributed by atoms with Crippen LogP contribution in [0.4, 0.5) is 4.79 Å². The maximum absolute atomic E-state index is 13.6. The number of methoxy groups -OCH3 is 1. The molecule has 0 radical (unpaired) electrons. The van der Waals surface area contributed by atoms with Crippen LogP contribution in [0.25, 0.3) is 11.1 Å². The molecule has 8 rings (SSSR count). The summed E-state index contributed by atoms with van der Waals surface area (Å²) in [6.45, 7) is 0. The van der Waals surface area contributed by atoms with E-state index in [0.717, 1.165) is 36.1 Å². The predicted octanol–water partition coefficient (Wildman–Crippen LogP) is 3.46. The first-order valence-corrected chi connectivity index (χ1v) is 14.4. The summed E-state index contributed by atoms with van der Waals surface area (Å²) in [5.41, 5.74) is 5.96. The summed E-state index contributed by atoms with van der Waals surface area (Å²) in [7, 11) is 1.64. The lowest BCUT2D eigenvalue weighted by atomic mass is 9.46. The fourth-order valence-electron chi connectivity index (χ4n) is 8.76. The number of aromatic nitrogens is 2. The maximum Gasteiger partial charge on any atom is 0.410 e. The van der Waals surface area contributed by atoms with Gasteiger partial charge in [0.2, 0.25) is 5.91 Å². The lowest BCUT2D eigenvalue weighted by molar-refractivity contribution is -0.219. The highest BCUT2D eigenvalue weighted by atomic mass is 16.6. The van der Waals surface area contributed by atoms with Crippen molar-refractivity contribution >= 4 is 12.0 Å². The average molecular weight is 549 g/mol. The van der Waals surface area contributed by atoms with Gasteiger partial charge < -0.3 is 30.0 Å². The van der Waals surface area contributed by atoms with Gasteiger partial charge in [-0.1, -0.05) is 12.1 Å². The number of carbonyl (C=O) groups excluding carboxylic acids is 2. The average Bonchev–Trinajstić information content (AvgIpc) is 3.20. The molecule has 1 aromatic carbocycles. The Morgan fingerprint density at radius 1 is 1.00 bits per heavy atom. The van der Waals surface area contributed by atoms with Crippen LogP contribution in [0.5, 0.6) is 11.8 Å². The van der Waals surface area contributed by atoms with Crippen LogP contribution in [-0.4, -0.2) is 69.0 Å². The van der Waals surface area contributed by atoms with Gasteiger partial charge in [0.25, 0.3) is 0 Å². The Hall–Kier alpha value is -3.40. The maximum atomic E-state index is 13.6. The topological polar surface area (TPSA) is 137 Å². The zero-order chi connectivity index (χ0) is 27.6. The van der Waals surface area contributed by atoms with E-state index in [4.69, 9.17) is 19.9 Å². The smallest absolute Gasteiger partial charge is 0.410 e. The molecule has 10 nitrogen and oxygen atoms in total. The zero-order valence-electron chi connectivity index (χ0n) is 22.7. The molecule has 7 unspecified atom stereocenters. The molecule has 6 aliphatic rings. The fourth-order valence-corrected chi connectivity index (χ4v) is 8.76. The van der Waals surface area contributed by atoms with Gasteiger partial charge in [0.1, 0.15) is 18.0 Å². The Kier molecular flexibility index (Phi) is 5.96. The number of primary amides is 1. The number of nitrogens with zero attached hydrogens (tertiary/aromatic N) is 3. The molecule has 6 fully saturated rings. The molecule has 2 saturated heterocycles. The van der Waals surface area contributed by atoms with E-state index < -0.39 is 23.0 Å². The highest BCUT2D eigenvalue weighted by molar-refractivity contribution is 5.83. The summed E-state index contributed by atoms with van der Waals surface area (Å²) in [6, 6.07) is 8.04. The number of carbonyl (C=O) groups is 2.